The Morgan fingerprint density at radius 3 is 3.14 bits per heavy atom. The van der Waals surface area contributed by atoms with Gasteiger partial charge in [0.15, 0.2) is 0 Å². The highest BCUT2D eigenvalue weighted by Gasteiger charge is 2.28. The van der Waals surface area contributed by atoms with E-state index in [9.17, 15) is 0 Å². The van der Waals surface area contributed by atoms with Crippen molar-refractivity contribution in [3.63, 3.8) is 0 Å². The topological polar surface area (TPSA) is 76.0 Å². The molecule has 2 atom stereocenters. The van der Waals surface area contributed by atoms with Crippen molar-refractivity contribution < 1.29 is 9.15 Å². The Labute approximate surface area is 123 Å². The van der Waals surface area contributed by atoms with Crippen LogP contribution in [0.2, 0.25) is 0 Å². The van der Waals surface area contributed by atoms with Gasteiger partial charge in [-0.2, -0.15) is 10.4 Å². The van der Waals surface area contributed by atoms with Crippen molar-refractivity contribution in [1.82, 2.24) is 15.1 Å². The Morgan fingerprint density at radius 1 is 1.52 bits per heavy atom. The molecule has 1 aliphatic rings. The first-order valence-electron chi connectivity index (χ1n) is 7.08. The fraction of sp³-hybridized carbons (Fsp3) is 0.467. The Morgan fingerprint density at radius 2 is 2.43 bits per heavy atom. The second kappa shape index (κ2) is 6.12. The summed E-state index contributed by atoms with van der Waals surface area (Å²) in [5.41, 5.74) is 1.09. The van der Waals surface area contributed by atoms with Crippen molar-refractivity contribution in [3.8, 4) is 6.07 Å². The maximum absolute atomic E-state index is 8.77. The summed E-state index contributed by atoms with van der Waals surface area (Å²) in [6.07, 6.45) is 5.94. The zero-order valence-electron chi connectivity index (χ0n) is 12.0. The van der Waals surface area contributed by atoms with Crippen LogP contribution in [0.15, 0.2) is 28.9 Å². The molecule has 3 heterocycles. The number of aromatic nitrogens is 2. The minimum atomic E-state index is 0.0119. The van der Waals surface area contributed by atoms with Gasteiger partial charge in [0.05, 0.1) is 12.7 Å². The standard InChI is InChI=1S/C15H18N4O2/c1-19-10-11(8-18-19)15-14(3-2-6-20-15)17-9-13-5-4-12(7-16)21-13/h4-5,8,10,14-15,17H,2-3,6,9H2,1H3/t14-,15+/m0/s1. The highest BCUT2D eigenvalue weighted by Crippen LogP contribution is 2.28. The van der Waals surface area contributed by atoms with Crippen molar-refractivity contribution in [1.29, 1.82) is 5.26 Å². The van der Waals surface area contributed by atoms with Crippen LogP contribution in [-0.4, -0.2) is 22.4 Å². The molecule has 0 unspecified atom stereocenters. The lowest BCUT2D eigenvalue weighted by molar-refractivity contribution is -0.0116. The third-order valence-corrected chi connectivity index (χ3v) is 3.69. The van der Waals surface area contributed by atoms with E-state index in [0.717, 1.165) is 30.8 Å². The molecule has 0 bridgehead atoms. The van der Waals surface area contributed by atoms with Crippen LogP contribution in [0.25, 0.3) is 0 Å². The van der Waals surface area contributed by atoms with E-state index in [2.05, 4.69) is 10.4 Å². The smallest absolute Gasteiger partial charge is 0.203 e. The molecule has 110 valence electrons. The highest BCUT2D eigenvalue weighted by atomic mass is 16.5. The van der Waals surface area contributed by atoms with Crippen LogP contribution in [0.5, 0.6) is 0 Å². The van der Waals surface area contributed by atoms with E-state index < -0.39 is 0 Å². The van der Waals surface area contributed by atoms with Crippen LogP contribution in [0.3, 0.4) is 0 Å². The second-order valence-electron chi connectivity index (χ2n) is 5.25. The Balaban J connectivity index is 1.65. The predicted octanol–water partition coefficient (Wildman–Crippen LogP) is 1.89. The molecule has 6 heteroatoms. The summed E-state index contributed by atoms with van der Waals surface area (Å²) in [6, 6.07) is 5.73. The first-order valence-corrected chi connectivity index (χ1v) is 7.08. The van der Waals surface area contributed by atoms with Crippen LogP contribution >= 0.6 is 0 Å². The molecule has 1 N–H and O–H groups in total. The number of furan rings is 1. The van der Waals surface area contributed by atoms with Gasteiger partial charge in [-0.25, -0.2) is 0 Å². The van der Waals surface area contributed by atoms with E-state index in [4.69, 9.17) is 14.4 Å². The molecule has 1 saturated heterocycles. The lowest BCUT2D eigenvalue weighted by Crippen LogP contribution is -2.38. The number of rotatable bonds is 4. The average molecular weight is 286 g/mol. The molecule has 0 saturated carbocycles. The highest BCUT2D eigenvalue weighted by molar-refractivity contribution is 5.19. The van der Waals surface area contributed by atoms with Crippen LogP contribution in [-0.2, 0) is 18.3 Å². The van der Waals surface area contributed by atoms with E-state index in [0.29, 0.717) is 12.3 Å². The van der Waals surface area contributed by atoms with Gasteiger partial charge >= 0.3 is 0 Å². The summed E-state index contributed by atoms with van der Waals surface area (Å²) in [4.78, 5) is 0. The SMILES string of the molecule is Cn1cc([C@H]2OCCC[C@@H]2NCc2ccc(C#N)o2)cn1. The largest absolute Gasteiger partial charge is 0.449 e. The minimum absolute atomic E-state index is 0.0119. The molecule has 0 radical (unpaired) electrons. The van der Waals surface area contributed by atoms with Gasteiger partial charge in [-0.1, -0.05) is 0 Å². The molecule has 0 aromatic carbocycles. The molecule has 0 spiro atoms. The zero-order valence-corrected chi connectivity index (χ0v) is 12.0. The zero-order chi connectivity index (χ0) is 14.7. The monoisotopic (exact) mass is 286 g/mol. The van der Waals surface area contributed by atoms with Gasteiger partial charge in [-0.05, 0) is 25.0 Å². The van der Waals surface area contributed by atoms with Gasteiger partial charge in [0, 0.05) is 31.5 Å². The van der Waals surface area contributed by atoms with Gasteiger partial charge in [0.25, 0.3) is 0 Å². The molecule has 1 aliphatic heterocycles. The third-order valence-electron chi connectivity index (χ3n) is 3.69. The van der Waals surface area contributed by atoms with E-state index in [1.54, 1.807) is 10.7 Å². The molecular formula is C15H18N4O2. The Bertz CT molecular complexity index is 640. The Kier molecular flexibility index (Phi) is 4.04. The first kappa shape index (κ1) is 13.9. The van der Waals surface area contributed by atoms with E-state index in [1.807, 2.05) is 31.6 Å². The second-order valence-corrected chi connectivity index (χ2v) is 5.25. The third kappa shape index (κ3) is 3.15. The summed E-state index contributed by atoms with van der Waals surface area (Å²) in [7, 11) is 1.90. The molecular weight excluding hydrogens is 268 g/mol. The van der Waals surface area contributed by atoms with Crippen molar-refractivity contribution in [3.05, 3.63) is 41.6 Å². The summed E-state index contributed by atoms with van der Waals surface area (Å²) in [6.45, 7) is 1.36. The number of ether oxygens (including phenoxy) is 1. The van der Waals surface area contributed by atoms with Gasteiger partial charge in [0.1, 0.15) is 17.9 Å². The van der Waals surface area contributed by atoms with Crippen molar-refractivity contribution in [2.75, 3.05) is 6.61 Å². The van der Waals surface area contributed by atoms with Gasteiger partial charge in [-0.3, -0.25) is 4.68 Å². The molecule has 1 fully saturated rings. The molecule has 2 aromatic heterocycles. The van der Waals surface area contributed by atoms with Crippen LogP contribution in [0.4, 0.5) is 0 Å². The van der Waals surface area contributed by atoms with E-state index in [1.165, 1.54) is 0 Å². The predicted molar refractivity (Wildman–Crippen MR) is 75.2 cm³/mol. The normalized spacial score (nSPS) is 22.1. The van der Waals surface area contributed by atoms with E-state index >= 15 is 0 Å². The molecule has 3 rings (SSSR count). The lowest BCUT2D eigenvalue weighted by Gasteiger charge is -2.31. The lowest BCUT2D eigenvalue weighted by atomic mass is 9.98. The molecule has 0 amide bonds. The number of nitrogens with one attached hydrogen (secondary N) is 1. The molecule has 21 heavy (non-hydrogen) atoms. The van der Waals surface area contributed by atoms with E-state index in [-0.39, 0.29) is 12.1 Å². The summed E-state index contributed by atoms with van der Waals surface area (Å²) >= 11 is 0. The molecule has 6 nitrogen and oxygen atoms in total. The van der Waals surface area contributed by atoms with Gasteiger partial charge in [0.2, 0.25) is 5.76 Å². The number of hydrogen-bond donors (Lipinski definition) is 1. The van der Waals surface area contributed by atoms with Gasteiger partial charge < -0.3 is 14.5 Å². The summed E-state index contributed by atoms with van der Waals surface area (Å²) in [5, 5.41) is 16.4. The van der Waals surface area contributed by atoms with Crippen LogP contribution in [0.1, 0.15) is 36.0 Å². The fourth-order valence-corrected chi connectivity index (χ4v) is 2.67. The quantitative estimate of drug-likeness (QED) is 0.929. The molecule has 0 aliphatic carbocycles. The summed E-state index contributed by atoms with van der Waals surface area (Å²) in [5.74, 6) is 1.11. The molecule has 2 aromatic rings. The number of nitrogens with zero attached hydrogens (tertiary/aromatic N) is 3. The number of nitriles is 1. The van der Waals surface area contributed by atoms with Crippen molar-refractivity contribution in [2.45, 2.75) is 31.5 Å². The maximum Gasteiger partial charge on any atom is 0.203 e. The summed E-state index contributed by atoms with van der Waals surface area (Å²) < 4.78 is 13.1. The number of aryl methyl sites for hydroxylation is 1. The number of hydrogen-bond acceptors (Lipinski definition) is 5. The average Bonchev–Trinajstić information content (AvgIpc) is 3.14. The minimum Gasteiger partial charge on any atom is -0.449 e. The fourth-order valence-electron chi connectivity index (χ4n) is 2.67. The maximum atomic E-state index is 8.77. The van der Waals surface area contributed by atoms with Crippen molar-refractivity contribution >= 4 is 0 Å². The van der Waals surface area contributed by atoms with Crippen LogP contribution in [0, 0.1) is 11.3 Å². The Hall–Kier alpha value is -2.10. The van der Waals surface area contributed by atoms with Gasteiger partial charge in [-0.15, -0.1) is 0 Å². The first-order chi connectivity index (χ1) is 10.3. The van der Waals surface area contributed by atoms with Crippen molar-refractivity contribution in [2.24, 2.45) is 7.05 Å². The van der Waals surface area contributed by atoms with Crippen LogP contribution < -0.4 is 5.32 Å².